The van der Waals surface area contributed by atoms with E-state index in [0.717, 1.165) is 63.1 Å². The number of methoxy groups -OCH3 is 1. The van der Waals surface area contributed by atoms with E-state index < -0.39 is 6.04 Å². The molecular formula is C24H32N7O3+. The maximum absolute atomic E-state index is 12.8. The third-order valence-electron chi connectivity index (χ3n) is 7.11. The number of aryl methyl sites for hydroxylation is 1. The standard InChI is InChI=1S/C24H32N7O3/c1-17-16-31-20-21(26(2)24(33)27(3)22(20)32)25-23(31)30(17)11-5-10-28-12-14-29(15-13-28)18-6-8-19(34-4)9-7-18/h6-9,16,20H,5,10-15H2,1-4H3/q+1. The molecule has 10 heteroatoms. The molecule has 180 valence electrons. The van der Waals surface area contributed by atoms with E-state index in [1.807, 2.05) is 29.8 Å². The lowest BCUT2D eigenvalue weighted by atomic mass is 10.2. The van der Waals surface area contributed by atoms with Gasteiger partial charge in [-0.3, -0.25) is 19.5 Å². The number of benzene rings is 1. The zero-order valence-electron chi connectivity index (χ0n) is 20.3. The number of imide groups is 1. The number of carbonyl (C=O) groups is 2. The van der Waals surface area contributed by atoms with Gasteiger partial charge >= 0.3 is 12.0 Å². The first-order valence-electron chi connectivity index (χ1n) is 11.8. The predicted molar refractivity (Wildman–Crippen MR) is 128 cm³/mol. The van der Waals surface area contributed by atoms with Gasteiger partial charge in [0.25, 0.3) is 5.91 Å². The van der Waals surface area contributed by atoms with Gasteiger partial charge in [0.15, 0.2) is 0 Å². The fourth-order valence-electron chi connectivity index (χ4n) is 5.06. The molecule has 1 unspecified atom stereocenters. The van der Waals surface area contributed by atoms with Crippen LogP contribution in [0.2, 0.25) is 0 Å². The minimum atomic E-state index is -0.561. The van der Waals surface area contributed by atoms with Crippen LogP contribution >= 0.6 is 0 Å². The summed E-state index contributed by atoms with van der Waals surface area (Å²) in [4.78, 5) is 37.4. The number of fused-ring (bicyclic) bond motifs is 3. The van der Waals surface area contributed by atoms with Crippen LogP contribution in [-0.2, 0) is 11.3 Å². The van der Waals surface area contributed by atoms with Gasteiger partial charge in [0.05, 0.1) is 13.7 Å². The zero-order valence-corrected chi connectivity index (χ0v) is 20.3. The summed E-state index contributed by atoms with van der Waals surface area (Å²) in [6.07, 6.45) is 2.96. The number of rotatable bonds is 6. The minimum Gasteiger partial charge on any atom is -0.497 e. The molecule has 3 aliphatic rings. The Balaban J connectivity index is 1.19. The van der Waals surface area contributed by atoms with Crippen LogP contribution in [0.5, 0.6) is 5.75 Å². The Labute approximate surface area is 199 Å². The third-order valence-corrected chi connectivity index (χ3v) is 7.11. The summed E-state index contributed by atoms with van der Waals surface area (Å²) in [6, 6.07) is 7.35. The van der Waals surface area contributed by atoms with E-state index in [1.165, 1.54) is 22.5 Å². The number of likely N-dealkylation sites (N-methyl/N-ethyl adjacent to an activating group) is 2. The van der Waals surface area contributed by atoms with Gasteiger partial charge in [0, 0.05) is 52.5 Å². The number of hydrogen-bond donors (Lipinski definition) is 0. The van der Waals surface area contributed by atoms with Crippen molar-refractivity contribution in [3.8, 4) is 5.75 Å². The molecule has 3 aliphatic heterocycles. The normalized spacial score (nSPS) is 20.5. The molecule has 0 saturated carbocycles. The fraction of sp³-hybridized carbons (Fsp3) is 0.500. The van der Waals surface area contributed by atoms with Crippen molar-refractivity contribution in [1.29, 1.82) is 0 Å². The molecule has 3 amide bonds. The summed E-state index contributed by atoms with van der Waals surface area (Å²) in [5.74, 6) is 1.89. The summed E-state index contributed by atoms with van der Waals surface area (Å²) in [7, 11) is 4.88. The van der Waals surface area contributed by atoms with E-state index in [9.17, 15) is 9.59 Å². The SMILES string of the molecule is COc1ccc(N2CCN(CCCn3c(C)c[n+]4c3N=C3C4C(=O)N(C)C(=O)N3C)CC2)cc1. The molecule has 5 rings (SSSR count). The van der Waals surface area contributed by atoms with Gasteiger partial charge in [-0.2, -0.15) is 0 Å². The van der Waals surface area contributed by atoms with Crippen molar-refractivity contribution >= 4 is 29.4 Å². The van der Waals surface area contributed by atoms with Crippen molar-refractivity contribution in [2.45, 2.75) is 25.9 Å². The number of imidazole rings is 1. The molecule has 2 aromatic rings. The molecule has 34 heavy (non-hydrogen) atoms. The van der Waals surface area contributed by atoms with Gasteiger partial charge in [0.1, 0.15) is 17.6 Å². The highest BCUT2D eigenvalue weighted by atomic mass is 16.5. The maximum atomic E-state index is 12.8. The van der Waals surface area contributed by atoms with Crippen LogP contribution in [0, 0.1) is 6.92 Å². The third kappa shape index (κ3) is 3.71. The van der Waals surface area contributed by atoms with Crippen molar-refractivity contribution in [3.63, 3.8) is 0 Å². The molecule has 2 saturated heterocycles. The number of urea groups is 1. The second-order valence-electron chi connectivity index (χ2n) is 9.12. The number of aromatic nitrogens is 2. The van der Waals surface area contributed by atoms with Crippen molar-refractivity contribution < 1.29 is 18.9 Å². The van der Waals surface area contributed by atoms with E-state index in [4.69, 9.17) is 9.73 Å². The number of amides is 3. The summed E-state index contributed by atoms with van der Waals surface area (Å²) in [5, 5.41) is 0. The lowest BCUT2D eigenvalue weighted by Crippen LogP contribution is -2.61. The van der Waals surface area contributed by atoms with Crippen LogP contribution in [0.3, 0.4) is 0 Å². The number of amidine groups is 1. The number of carbonyl (C=O) groups excluding carboxylic acids is 2. The quantitative estimate of drug-likeness (QED) is 0.602. The Morgan fingerprint density at radius 1 is 1.03 bits per heavy atom. The van der Waals surface area contributed by atoms with Gasteiger partial charge in [-0.15, -0.1) is 0 Å². The van der Waals surface area contributed by atoms with E-state index in [0.29, 0.717) is 5.84 Å². The number of piperazine rings is 1. The lowest BCUT2D eigenvalue weighted by Gasteiger charge is -2.36. The summed E-state index contributed by atoms with van der Waals surface area (Å²) in [5.41, 5.74) is 2.30. The smallest absolute Gasteiger partial charge is 0.401 e. The maximum Gasteiger partial charge on any atom is 0.401 e. The van der Waals surface area contributed by atoms with Crippen LogP contribution < -0.4 is 14.2 Å². The molecule has 0 radical (unpaired) electrons. The van der Waals surface area contributed by atoms with E-state index in [-0.39, 0.29) is 11.9 Å². The van der Waals surface area contributed by atoms with E-state index >= 15 is 0 Å². The first kappa shape index (κ1) is 22.4. The van der Waals surface area contributed by atoms with Crippen molar-refractivity contribution in [2.24, 2.45) is 4.99 Å². The molecule has 1 atom stereocenters. The lowest BCUT2D eigenvalue weighted by molar-refractivity contribution is -0.677. The highest BCUT2D eigenvalue weighted by Gasteiger charge is 2.52. The number of aliphatic imine (C=N–C) groups is 1. The topological polar surface area (TPSA) is 77.5 Å². The average molecular weight is 467 g/mol. The Morgan fingerprint density at radius 2 is 1.74 bits per heavy atom. The van der Waals surface area contributed by atoms with Crippen molar-refractivity contribution in [1.82, 2.24) is 19.3 Å². The second-order valence-corrected chi connectivity index (χ2v) is 9.12. The van der Waals surface area contributed by atoms with Gasteiger partial charge < -0.3 is 9.64 Å². The minimum absolute atomic E-state index is 0.238. The molecule has 0 N–H and O–H groups in total. The average Bonchev–Trinajstić information content (AvgIpc) is 3.37. The van der Waals surface area contributed by atoms with E-state index in [1.54, 1.807) is 14.2 Å². The molecule has 1 aromatic carbocycles. The fourth-order valence-corrected chi connectivity index (χ4v) is 5.06. The Bertz CT molecular complexity index is 1130. The first-order chi connectivity index (χ1) is 16.4. The molecular weight excluding hydrogens is 434 g/mol. The Hall–Kier alpha value is -3.40. The van der Waals surface area contributed by atoms with Gasteiger partial charge in [-0.1, -0.05) is 4.99 Å². The molecule has 4 heterocycles. The molecule has 2 fully saturated rings. The number of hydrogen-bond acceptors (Lipinski definition) is 6. The van der Waals surface area contributed by atoms with Gasteiger partial charge in [0.2, 0.25) is 11.9 Å². The van der Waals surface area contributed by atoms with Crippen molar-refractivity contribution in [2.75, 3.05) is 58.8 Å². The zero-order chi connectivity index (χ0) is 24.0. The largest absolute Gasteiger partial charge is 0.497 e. The van der Waals surface area contributed by atoms with Gasteiger partial charge in [-0.25, -0.2) is 13.9 Å². The molecule has 0 spiro atoms. The number of nitrogens with zero attached hydrogens (tertiary/aromatic N) is 7. The van der Waals surface area contributed by atoms with Crippen LogP contribution in [0.15, 0.2) is 35.5 Å². The van der Waals surface area contributed by atoms with Crippen LogP contribution in [-0.4, -0.2) is 91.0 Å². The van der Waals surface area contributed by atoms with Crippen LogP contribution in [0.1, 0.15) is 18.2 Å². The first-order valence-corrected chi connectivity index (χ1v) is 11.8. The summed E-state index contributed by atoms with van der Waals surface area (Å²) < 4.78 is 9.32. The number of anilines is 1. The molecule has 1 aromatic heterocycles. The Morgan fingerprint density at radius 3 is 2.41 bits per heavy atom. The van der Waals surface area contributed by atoms with Crippen molar-refractivity contribution in [3.05, 3.63) is 36.2 Å². The van der Waals surface area contributed by atoms with E-state index in [2.05, 4.69) is 26.5 Å². The summed E-state index contributed by atoms with van der Waals surface area (Å²) in [6.45, 7) is 7.94. The number of ether oxygens (including phenoxy) is 1. The molecule has 0 aliphatic carbocycles. The van der Waals surface area contributed by atoms with Crippen LogP contribution in [0.4, 0.5) is 16.4 Å². The van der Waals surface area contributed by atoms with Crippen LogP contribution in [0.25, 0.3) is 0 Å². The highest BCUT2D eigenvalue weighted by Crippen LogP contribution is 2.28. The monoisotopic (exact) mass is 466 g/mol. The molecule has 0 bridgehead atoms. The highest BCUT2D eigenvalue weighted by molar-refractivity contribution is 6.18. The van der Waals surface area contributed by atoms with Gasteiger partial charge in [-0.05, 0) is 37.6 Å². The predicted octanol–water partition coefficient (Wildman–Crippen LogP) is 1.41. The second kappa shape index (κ2) is 8.75. The summed E-state index contributed by atoms with van der Waals surface area (Å²) >= 11 is 0. The molecule has 10 nitrogen and oxygen atoms in total. The Kier molecular flexibility index (Phi) is 5.76.